The second-order valence-corrected chi connectivity index (χ2v) is 5.17. The van der Waals surface area contributed by atoms with Crippen LogP contribution in [-0.2, 0) is 13.1 Å². The van der Waals surface area contributed by atoms with Crippen LogP contribution in [0.25, 0.3) is 0 Å². The van der Waals surface area contributed by atoms with Crippen molar-refractivity contribution in [1.82, 2.24) is 14.9 Å². The van der Waals surface area contributed by atoms with Gasteiger partial charge in [-0.05, 0) is 26.7 Å². The molecule has 1 saturated carbocycles. The minimum atomic E-state index is 0.540. The Balaban J connectivity index is 1.94. The summed E-state index contributed by atoms with van der Waals surface area (Å²) in [7, 11) is 0. The van der Waals surface area contributed by atoms with Gasteiger partial charge in [0, 0.05) is 30.6 Å². The Kier molecular flexibility index (Phi) is 2.14. The normalized spacial score (nSPS) is 20.4. The maximum atomic E-state index is 6.02. The summed E-state index contributed by atoms with van der Waals surface area (Å²) >= 11 is 0. The zero-order valence-electron chi connectivity index (χ0n) is 9.90. The van der Waals surface area contributed by atoms with E-state index in [9.17, 15) is 0 Å². The van der Waals surface area contributed by atoms with E-state index in [0.717, 1.165) is 30.2 Å². The standard InChI is InChI=1S/C12H18N4/c1-7(2)16-5-9-10(6-16)14-12(8-3-4-8)15-11(9)13/h7-8H,3-6H2,1-2H3,(H2,13,14,15). The van der Waals surface area contributed by atoms with E-state index in [4.69, 9.17) is 5.73 Å². The lowest BCUT2D eigenvalue weighted by Gasteiger charge is -2.18. The van der Waals surface area contributed by atoms with Crippen molar-refractivity contribution in [2.24, 2.45) is 0 Å². The van der Waals surface area contributed by atoms with Gasteiger partial charge in [0.05, 0.1) is 5.69 Å². The molecule has 16 heavy (non-hydrogen) atoms. The highest BCUT2D eigenvalue weighted by Crippen LogP contribution is 2.39. The lowest BCUT2D eigenvalue weighted by molar-refractivity contribution is 0.226. The zero-order valence-corrected chi connectivity index (χ0v) is 9.90. The van der Waals surface area contributed by atoms with E-state index < -0.39 is 0 Å². The van der Waals surface area contributed by atoms with E-state index in [1.807, 2.05) is 0 Å². The highest BCUT2D eigenvalue weighted by molar-refractivity contribution is 5.45. The average molecular weight is 218 g/mol. The maximum Gasteiger partial charge on any atom is 0.134 e. The summed E-state index contributed by atoms with van der Waals surface area (Å²) in [5.74, 6) is 2.26. The van der Waals surface area contributed by atoms with Crippen molar-refractivity contribution in [1.29, 1.82) is 0 Å². The summed E-state index contributed by atoms with van der Waals surface area (Å²) < 4.78 is 0. The number of rotatable bonds is 2. The van der Waals surface area contributed by atoms with Crippen molar-refractivity contribution < 1.29 is 0 Å². The second-order valence-electron chi connectivity index (χ2n) is 5.17. The summed E-state index contributed by atoms with van der Waals surface area (Å²) in [4.78, 5) is 11.5. The lowest BCUT2D eigenvalue weighted by Crippen LogP contribution is -2.24. The van der Waals surface area contributed by atoms with Gasteiger partial charge >= 0.3 is 0 Å². The number of fused-ring (bicyclic) bond motifs is 1. The number of nitrogens with zero attached hydrogens (tertiary/aromatic N) is 3. The van der Waals surface area contributed by atoms with Gasteiger partial charge in [-0.15, -0.1) is 0 Å². The Morgan fingerprint density at radius 2 is 2.00 bits per heavy atom. The third kappa shape index (κ3) is 1.57. The van der Waals surface area contributed by atoms with Gasteiger partial charge in [0.15, 0.2) is 0 Å². The predicted octanol–water partition coefficient (Wildman–Crippen LogP) is 1.66. The SMILES string of the molecule is CC(C)N1Cc2nc(C3CC3)nc(N)c2C1. The first-order valence-corrected chi connectivity index (χ1v) is 6.04. The van der Waals surface area contributed by atoms with Gasteiger partial charge in [0.1, 0.15) is 11.6 Å². The second kappa shape index (κ2) is 3.42. The molecule has 1 aromatic heterocycles. The molecule has 0 bridgehead atoms. The van der Waals surface area contributed by atoms with Crippen molar-refractivity contribution in [3.63, 3.8) is 0 Å². The minimum absolute atomic E-state index is 0.540. The molecular formula is C12H18N4. The van der Waals surface area contributed by atoms with Crippen LogP contribution in [0.1, 0.15) is 49.7 Å². The largest absolute Gasteiger partial charge is 0.383 e. The average Bonchev–Trinajstić information content (AvgIpc) is 2.97. The molecule has 0 unspecified atom stereocenters. The number of nitrogen functional groups attached to an aromatic ring is 1. The molecule has 0 spiro atoms. The van der Waals surface area contributed by atoms with E-state index in [1.54, 1.807) is 0 Å². The first-order valence-electron chi connectivity index (χ1n) is 6.04. The first kappa shape index (κ1) is 10.0. The Morgan fingerprint density at radius 3 is 2.62 bits per heavy atom. The summed E-state index contributed by atoms with van der Waals surface area (Å²) in [5.41, 5.74) is 8.33. The number of hydrogen-bond donors (Lipinski definition) is 1. The van der Waals surface area contributed by atoms with Crippen LogP contribution in [-0.4, -0.2) is 20.9 Å². The van der Waals surface area contributed by atoms with E-state index in [0.29, 0.717) is 17.8 Å². The van der Waals surface area contributed by atoms with Gasteiger partial charge in [-0.1, -0.05) is 0 Å². The zero-order chi connectivity index (χ0) is 11.3. The number of nitrogens with two attached hydrogens (primary N) is 1. The third-order valence-electron chi connectivity index (χ3n) is 3.53. The van der Waals surface area contributed by atoms with Crippen molar-refractivity contribution in [3.05, 3.63) is 17.1 Å². The molecule has 0 aromatic carbocycles. The number of anilines is 1. The van der Waals surface area contributed by atoms with Gasteiger partial charge < -0.3 is 5.73 Å². The smallest absolute Gasteiger partial charge is 0.134 e. The summed E-state index contributed by atoms with van der Waals surface area (Å²) in [6, 6.07) is 0.540. The Labute approximate surface area is 95.9 Å². The molecule has 3 rings (SSSR count). The topological polar surface area (TPSA) is 55.0 Å². The summed E-state index contributed by atoms with van der Waals surface area (Å²) in [6.45, 7) is 6.25. The quantitative estimate of drug-likeness (QED) is 0.820. The molecule has 2 heterocycles. The van der Waals surface area contributed by atoms with Crippen LogP contribution in [0.5, 0.6) is 0 Å². The fraction of sp³-hybridized carbons (Fsp3) is 0.667. The van der Waals surface area contributed by atoms with E-state index in [-0.39, 0.29) is 0 Å². The fourth-order valence-electron chi connectivity index (χ4n) is 2.21. The lowest BCUT2D eigenvalue weighted by atomic mass is 10.2. The molecule has 2 N–H and O–H groups in total. The molecule has 2 aliphatic rings. The molecule has 1 aliphatic heterocycles. The van der Waals surface area contributed by atoms with Gasteiger partial charge in [-0.2, -0.15) is 0 Å². The van der Waals surface area contributed by atoms with E-state index in [1.165, 1.54) is 12.8 Å². The molecule has 86 valence electrons. The Bertz CT molecular complexity index is 423. The maximum absolute atomic E-state index is 6.02. The van der Waals surface area contributed by atoms with Crippen molar-refractivity contribution in [2.45, 2.75) is 51.7 Å². The summed E-state index contributed by atoms with van der Waals surface area (Å²) in [6.07, 6.45) is 2.46. The van der Waals surface area contributed by atoms with E-state index >= 15 is 0 Å². The monoisotopic (exact) mass is 218 g/mol. The number of aromatic nitrogens is 2. The molecule has 1 aromatic rings. The molecule has 0 atom stereocenters. The van der Waals surface area contributed by atoms with Crippen LogP contribution >= 0.6 is 0 Å². The highest BCUT2D eigenvalue weighted by atomic mass is 15.2. The molecule has 0 radical (unpaired) electrons. The minimum Gasteiger partial charge on any atom is -0.383 e. The molecule has 0 amide bonds. The van der Waals surface area contributed by atoms with Crippen LogP contribution in [0.15, 0.2) is 0 Å². The van der Waals surface area contributed by atoms with Crippen molar-refractivity contribution in [3.8, 4) is 0 Å². The van der Waals surface area contributed by atoms with Crippen molar-refractivity contribution >= 4 is 5.82 Å². The van der Waals surface area contributed by atoms with Crippen molar-refractivity contribution in [2.75, 3.05) is 5.73 Å². The van der Waals surface area contributed by atoms with Crippen LogP contribution in [0.2, 0.25) is 0 Å². The van der Waals surface area contributed by atoms with Crippen LogP contribution in [0, 0.1) is 0 Å². The number of hydrogen-bond acceptors (Lipinski definition) is 4. The highest BCUT2D eigenvalue weighted by Gasteiger charge is 2.31. The summed E-state index contributed by atoms with van der Waals surface area (Å²) in [5, 5.41) is 0. The predicted molar refractivity (Wildman–Crippen MR) is 62.8 cm³/mol. The van der Waals surface area contributed by atoms with Gasteiger partial charge in [0.2, 0.25) is 0 Å². The van der Waals surface area contributed by atoms with E-state index in [2.05, 4.69) is 28.7 Å². The molecule has 1 fully saturated rings. The molecule has 4 nitrogen and oxygen atoms in total. The van der Waals surface area contributed by atoms with Gasteiger partial charge in [-0.25, -0.2) is 9.97 Å². The Hall–Kier alpha value is -1.16. The fourth-order valence-corrected chi connectivity index (χ4v) is 2.21. The molecule has 4 heteroatoms. The third-order valence-corrected chi connectivity index (χ3v) is 3.53. The molecular weight excluding hydrogens is 200 g/mol. The Morgan fingerprint density at radius 1 is 1.25 bits per heavy atom. The van der Waals surface area contributed by atoms with Crippen LogP contribution in [0.3, 0.4) is 0 Å². The molecule has 0 saturated heterocycles. The van der Waals surface area contributed by atoms with Crippen LogP contribution in [0.4, 0.5) is 5.82 Å². The molecule has 1 aliphatic carbocycles. The van der Waals surface area contributed by atoms with Crippen LogP contribution < -0.4 is 5.73 Å². The van der Waals surface area contributed by atoms with Gasteiger partial charge in [0.25, 0.3) is 0 Å². The van der Waals surface area contributed by atoms with Gasteiger partial charge in [-0.3, -0.25) is 4.90 Å². The first-order chi connectivity index (χ1) is 7.65.